The number of carbonyl (C=O) groups is 2. The van der Waals surface area contributed by atoms with Gasteiger partial charge in [0.1, 0.15) is 11.4 Å². The molecule has 0 aliphatic heterocycles. The molecule has 1 saturated carbocycles. The third-order valence-electron chi connectivity index (χ3n) is 4.85. The molecule has 1 aromatic heterocycles. The van der Waals surface area contributed by atoms with Gasteiger partial charge in [0.2, 0.25) is 0 Å². The summed E-state index contributed by atoms with van der Waals surface area (Å²) in [5.74, 6) is -0.128. The number of rotatable bonds is 6. The Morgan fingerprint density at radius 1 is 1.31 bits per heavy atom. The van der Waals surface area contributed by atoms with Gasteiger partial charge < -0.3 is 9.88 Å². The summed E-state index contributed by atoms with van der Waals surface area (Å²) in [5, 5.41) is 2.43. The van der Waals surface area contributed by atoms with Gasteiger partial charge in [-0.05, 0) is 42.0 Å². The Bertz CT molecular complexity index is 920. The average molecular weight is 356 g/mol. The maximum atomic E-state index is 13.4. The van der Waals surface area contributed by atoms with Crippen molar-refractivity contribution >= 4 is 11.7 Å². The number of hydrogen-bond donors (Lipinski definition) is 1. The molecule has 0 spiro atoms. The predicted octanol–water partition coefficient (Wildman–Crippen LogP) is 2.62. The van der Waals surface area contributed by atoms with E-state index in [2.05, 4.69) is 12.2 Å². The van der Waals surface area contributed by atoms with E-state index in [4.69, 9.17) is 0 Å². The molecule has 1 aliphatic rings. The molecule has 26 heavy (non-hydrogen) atoms. The topological polar surface area (TPSA) is 68.2 Å². The standard InChI is InChI=1S/C20H21FN2O3/c1-12-6-14(12)9-18(24)15-8-17(19(25)22-2)20(26)23(11-15)10-13-4-3-5-16(21)7-13/h3-5,7-8,11-12,14H,6,9-10H2,1-2H3,(H,22,25)/t12-,14?/m1/s1. The lowest BCUT2D eigenvalue weighted by molar-refractivity contribution is 0.0961. The number of hydrogen-bond acceptors (Lipinski definition) is 3. The maximum absolute atomic E-state index is 13.4. The summed E-state index contributed by atoms with van der Waals surface area (Å²) in [7, 11) is 1.43. The second kappa shape index (κ2) is 7.23. The predicted molar refractivity (Wildman–Crippen MR) is 95.8 cm³/mol. The fraction of sp³-hybridized carbons (Fsp3) is 0.350. The number of amides is 1. The van der Waals surface area contributed by atoms with Crippen LogP contribution in [0.15, 0.2) is 41.3 Å². The van der Waals surface area contributed by atoms with Crippen LogP contribution in [0.5, 0.6) is 0 Å². The van der Waals surface area contributed by atoms with E-state index in [0.717, 1.165) is 6.42 Å². The number of pyridine rings is 1. The molecule has 3 rings (SSSR count). The van der Waals surface area contributed by atoms with Crippen LogP contribution in [-0.4, -0.2) is 23.3 Å². The zero-order valence-electron chi connectivity index (χ0n) is 14.8. The molecule has 6 heteroatoms. The first kappa shape index (κ1) is 18.0. The summed E-state index contributed by atoms with van der Waals surface area (Å²) in [6.45, 7) is 2.18. The lowest BCUT2D eigenvalue weighted by Crippen LogP contribution is -2.32. The second-order valence-electron chi connectivity index (χ2n) is 6.88. The molecule has 2 atom stereocenters. The highest BCUT2D eigenvalue weighted by molar-refractivity contribution is 6.00. The summed E-state index contributed by atoms with van der Waals surface area (Å²) in [5.41, 5.74) is 0.317. The SMILES string of the molecule is CNC(=O)c1cc(C(=O)CC2C[C@H]2C)cn(Cc2cccc(F)c2)c1=O. The van der Waals surface area contributed by atoms with E-state index in [1.54, 1.807) is 12.1 Å². The van der Waals surface area contributed by atoms with Gasteiger partial charge in [0.25, 0.3) is 11.5 Å². The minimum atomic E-state index is -0.544. The van der Waals surface area contributed by atoms with E-state index in [1.165, 1.54) is 36.0 Å². The molecule has 1 amide bonds. The van der Waals surface area contributed by atoms with Crippen LogP contribution in [0.3, 0.4) is 0 Å². The van der Waals surface area contributed by atoms with E-state index in [9.17, 15) is 18.8 Å². The van der Waals surface area contributed by atoms with Gasteiger partial charge in [-0.1, -0.05) is 19.1 Å². The van der Waals surface area contributed by atoms with Crippen LogP contribution in [-0.2, 0) is 6.54 Å². The van der Waals surface area contributed by atoms with Gasteiger partial charge in [0.15, 0.2) is 5.78 Å². The van der Waals surface area contributed by atoms with Gasteiger partial charge >= 0.3 is 0 Å². The van der Waals surface area contributed by atoms with Gasteiger partial charge in [-0.3, -0.25) is 14.4 Å². The van der Waals surface area contributed by atoms with Crippen LogP contribution in [0.2, 0.25) is 0 Å². The van der Waals surface area contributed by atoms with Crippen LogP contribution < -0.4 is 10.9 Å². The molecule has 0 radical (unpaired) electrons. The summed E-state index contributed by atoms with van der Waals surface area (Å²) in [4.78, 5) is 37.2. The van der Waals surface area contributed by atoms with Gasteiger partial charge in [-0.2, -0.15) is 0 Å². The number of benzene rings is 1. The van der Waals surface area contributed by atoms with Crippen LogP contribution in [0.1, 0.15) is 46.0 Å². The zero-order chi connectivity index (χ0) is 18.8. The van der Waals surface area contributed by atoms with E-state index in [1.807, 2.05) is 0 Å². The van der Waals surface area contributed by atoms with Crippen molar-refractivity contribution < 1.29 is 14.0 Å². The second-order valence-corrected chi connectivity index (χ2v) is 6.88. The minimum Gasteiger partial charge on any atom is -0.355 e. The fourth-order valence-corrected chi connectivity index (χ4v) is 3.07. The van der Waals surface area contributed by atoms with Crippen LogP contribution in [0.4, 0.5) is 4.39 Å². The molecule has 1 N–H and O–H groups in total. The van der Waals surface area contributed by atoms with E-state index < -0.39 is 17.3 Å². The lowest BCUT2D eigenvalue weighted by atomic mass is 10.0. The number of Topliss-reactive ketones (excluding diaryl/α,β-unsaturated/α-hetero) is 1. The van der Waals surface area contributed by atoms with Crippen molar-refractivity contribution in [1.82, 2.24) is 9.88 Å². The number of carbonyl (C=O) groups excluding carboxylic acids is 2. The molecule has 5 nitrogen and oxygen atoms in total. The highest BCUT2D eigenvalue weighted by Gasteiger charge is 2.34. The Morgan fingerprint density at radius 3 is 2.65 bits per heavy atom. The maximum Gasteiger partial charge on any atom is 0.263 e. The third-order valence-corrected chi connectivity index (χ3v) is 4.85. The van der Waals surface area contributed by atoms with Crippen molar-refractivity contribution in [3.63, 3.8) is 0 Å². The van der Waals surface area contributed by atoms with Crippen LogP contribution in [0, 0.1) is 17.7 Å². The number of ketones is 1. The van der Waals surface area contributed by atoms with Crippen LogP contribution in [0.25, 0.3) is 0 Å². The molecular formula is C20H21FN2O3. The van der Waals surface area contributed by atoms with Gasteiger partial charge in [-0.15, -0.1) is 0 Å². The quantitative estimate of drug-likeness (QED) is 0.809. The van der Waals surface area contributed by atoms with Crippen molar-refractivity contribution in [1.29, 1.82) is 0 Å². The number of nitrogens with zero attached hydrogens (tertiary/aromatic N) is 1. The number of nitrogens with one attached hydrogen (secondary N) is 1. The average Bonchev–Trinajstić information content (AvgIpc) is 3.30. The molecule has 1 heterocycles. The highest BCUT2D eigenvalue weighted by atomic mass is 19.1. The monoisotopic (exact) mass is 356 g/mol. The summed E-state index contributed by atoms with van der Waals surface area (Å²) in [6.07, 6.45) is 2.90. The first-order valence-corrected chi connectivity index (χ1v) is 8.63. The normalized spacial score (nSPS) is 18.4. The molecule has 1 aliphatic carbocycles. The minimum absolute atomic E-state index is 0.0846. The van der Waals surface area contributed by atoms with E-state index in [0.29, 0.717) is 29.4 Å². The number of aromatic nitrogens is 1. The fourth-order valence-electron chi connectivity index (χ4n) is 3.07. The molecular weight excluding hydrogens is 335 g/mol. The first-order valence-electron chi connectivity index (χ1n) is 8.63. The number of halogens is 1. The molecule has 0 saturated heterocycles. The Kier molecular flexibility index (Phi) is 5.02. The highest BCUT2D eigenvalue weighted by Crippen LogP contribution is 2.41. The summed E-state index contributed by atoms with van der Waals surface area (Å²) < 4.78 is 14.7. The van der Waals surface area contributed by atoms with Crippen molar-refractivity contribution in [3.8, 4) is 0 Å². The Morgan fingerprint density at radius 2 is 2.04 bits per heavy atom. The van der Waals surface area contributed by atoms with Gasteiger partial charge in [0.05, 0.1) is 6.54 Å². The summed E-state index contributed by atoms with van der Waals surface area (Å²) in [6, 6.07) is 7.25. The molecule has 1 unspecified atom stereocenters. The largest absolute Gasteiger partial charge is 0.355 e. The molecule has 1 aromatic carbocycles. The van der Waals surface area contributed by atoms with Crippen LogP contribution >= 0.6 is 0 Å². The van der Waals surface area contributed by atoms with Crippen molar-refractivity contribution in [2.75, 3.05) is 7.05 Å². The Hall–Kier alpha value is -2.76. The Labute approximate surface area is 150 Å². The van der Waals surface area contributed by atoms with Crippen molar-refractivity contribution in [3.05, 3.63) is 69.4 Å². The van der Waals surface area contributed by atoms with Gasteiger partial charge in [0, 0.05) is 25.2 Å². The first-order chi connectivity index (χ1) is 12.4. The van der Waals surface area contributed by atoms with Crippen molar-refractivity contribution in [2.45, 2.75) is 26.3 Å². The molecule has 136 valence electrons. The molecule has 2 aromatic rings. The molecule has 0 bridgehead atoms. The van der Waals surface area contributed by atoms with Crippen molar-refractivity contribution in [2.24, 2.45) is 11.8 Å². The lowest BCUT2D eigenvalue weighted by Gasteiger charge is -2.11. The van der Waals surface area contributed by atoms with E-state index in [-0.39, 0.29) is 17.9 Å². The smallest absolute Gasteiger partial charge is 0.263 e. The summed E-state index contributed by atoms with van der Waals surface area (Å²) >= 11 is 0. The van der Waals surface area contributed by atoms with Gasteiger partial charge in [-0.25, -0.2) is 4.39 Å². The molecule has 1 fully saturated rings. The Balaban J connectivity index is 1.98. The van der Waals surface area contributed by atoms with E-state index >= 15 is 0 Å². The third kappa shape index (κ3) is 3.90. The zero-order valence-corrected chi connectivity index (χ0v) is 14.8.